The molecule has 0 aliphatic rings. The summed E-state index contributed by atoms with van der Waals surface area (Å²) in [5.74, 6) is -1.54. The summed E-state index contributed by atoms with van der Waals surface area (Å²) >= 11 is 0. The first-order chi connectivity index (χ1) is 7.81. The molecule has 0 saturated carbocycles. The van der Waals surface area contributed by atoms with Crippen LogP contribution in [0.4, 0.5) is 13.2 Å². The summed E-state index contributed by atoms with van der Waals surface area (Å²) in [7, 11) is 0. The summed E-state index contributed by atoms with van der Waals surface area (Å²) in [6, 6.07) is 0. The van der Waals surface area contributed by atoms with Gasteiger partial charge in [0.25, 0.3) is 0 Å². The van der Waals surface area contributed by atoms with Crippen LogP contribution in [0.25, 0.3) is 0 Å². The van der Waals surface area contributed by atoms with Crippen LogP contribution in [0.15, 0.2) is 0 Å². The van der Waals surface area contributed by atoms with Crippen LogP contribution in [0.3, 0.4) is 0 Å². The molecule has 0 spiro atoms. The molecule has 1 aromatic heterocycles. The molecular formula is C11H18F3N3. The molecule has 0 aliphatic carbocycles. The van der Waals surface area contributed by atoms with E-state index in [1.54, 1.807) is 6.92 Å². The number of nitrogens with zero attached hydrogens (tertiary/aromatic N) is 2. The highest BCUT2D eigenvalue weighted by Gasteiger charge is 2.39. The van der Waals surface area contributed by atoms with E-state index in [-0.39, 0.29) is 6.54 Å². The fraction of sp³-hybridized carbons (Fsp3) is 0.727. The van der Waals surface area contributed by atoms with Crippen molar-refractivity contribution in [1.82, 2.24) is 9.78 Å². The Morgan fingerprint density at radius 1 is 1.35 bits per heavy atom. The molecule has 0 amide bonds. The maximum atomic E-state index is 12.6. The van der Waals surface area contributed by atoms with Crippen LogP contribution in [0, 0.1) is 19.8 Å². The maximum absolute atomic E-state index is 12.6. The summed E-state index contributed by atoms with van der Waals surface area (Å²) in [6.45, 7) is 4.96. The molecular weight excluding hydrogens is 231 g/mol. The molecule has 2 N–H and O–H groups in total. The van der Waals surface area contributed by atoms with E-state index < -0.39 is 18.6 Å². The molecule has 0 bridgehead atoms. The van der Waals surface area contributed by atoms with Crippen molar-refractivity contribution in [2.24, 2.45) is 11.7 Å². The summed E-state index contributed by atoms with van der Waals surface area (Å²) in [5.41, 5.74) is 7.78. The van der Waals surface area contributed by atoms with Gasteiger partial charge in [0.2, 0.25) is 0 Å². The van der Waals surface area contributed by atoms with Crippen molar-refractivity contribution >= 4 is 0 Å². The second-order valence-corrected chi connectivity index (χ2v) is 4.16. The van der Waals surface area contributed by atoms with E-state index in [0.717, 1.165) is 23.4 Å². The molecule has 3 nitrogen and oxygen atoms in total. The van der Waals surface area contributed by atoms with Gasteiger partial charge in [0.1, 0.15) is 0 Å². The molecule has 0 aliphatic heterocycles. The molecule has 98 valence electrons. The Morgan fingerprint density at radius 2 is 1.94 bits per heavy atom. The van der Waals surface area contributed by atoms with Crippen LogP contribution in [-0.2, 0) is 13.0 Å². The van der Waals surface area contributed by atoms with E-state index in [9.17, 15) is 13.2 Å². The van der Waals surface area contributed by atoms with E-state index in [4.69, 9.17) is 5.73 Å². The van der Waals surface area contributed by atoms with Crippen LogP contribution in [-0.4, -0.2) is 22.5 Å². The minimum atomic E-state index is -4.27. The quantitative estimate of drug-likeness (QED) is 0.889. The lowest BCUT2D eigenvalue weighted by Gasteiger charge is -2.19. The number of halogens is 3. The van der Waals surface area contributed by atoms with Crippen LogP contribution in [0.5, 0.6) is 0 Å². The van der Waals surface area contributed by atoms with Crippen molar-refractivity contribution in [3.63, 3.8) is 0 Å². The monoisotopic (exact) mass is 249 g/mol. The average Bonchev–Trinajstić information content (AvgIpc) is 2.48. The summed E-state index contributed by atoms with van der Waals surface area (Å²) < 4.78 is 39.2. The van der Waals surface area contributed by atoms with Gasteiger partial charge in [-0.15, -0.1) is 0 Å². The van der Waals surface area contributed by atoms with Crippen molar-refractivity contribution in [2.75, 3.05) is 6.54 Å². The predicted octanol–water partition coefficient (Wildman–Crippen LogP) is 2.20. The third-order valence-electron chi connectivity index (χ3n) is 3.03. The van der Waals surface area contributed by atoms with Gasteiger partial charge < -0.3 is 5.73 Å². The van der Waals surface area contributed by atoms with Crippen LogP contribution in [0.2, 0.25) is 0 Å². The highest BCUT2D eigenvalue weighted by Crippen LogP contribution is 2.27. The van der Waals surface area contributed by atoms with Crippen molar-refractivity contribution in [1.29, 1.82) is 0 Å². The van der Waals surface area contributed by atoms with Gasteiger partial charge >= 0.3 is 6.18 Å². The molecule has 0 fully saturated rings. The molecule has 1 heterocycles. The van der Waals surface area contributed by atoms with Gasteiger partial charge in [0, 0.05) is 12.2 Å². The van der Waals surface area contributed by atoms with Gasteiger partial charge in [-0.1, -0.05) is 6.92 Å². The third-order valence-corrected chi connectivity index (χ3v) is 3.03. The Morgan fingerprint density at radius 3 is 2.29 bits per heavy atom. The Hall–Kier alpha value is -1.04. The zero-order valence-electron chi connectivity index (χ0n) is 10.3. The first kappa shape index (κ1) is 14.0. The molecule has 1 unspecified atom stereocenters. The largest absolute Gasteiger partial charge is 0.394 e. The molecule has 0 aromatic carbocycles. The molecule has 17 heavy (non-hydrogen) atoms. The van der Waals surface area contributed by atoms with E-state index >= 15 is 0 Å². The van der Waals surface area contributed by atoms with Crippen LogP contribution < -0.4 is 5.73 Å². The second-order valence-electron chi connectivity index (χ2n) is 4.16. The number of aryl methyl sites for hydroxylation is 1. The molecule has 6 heteroatoms. The van der Waals surface area contributed by atoms with Gasteiger partial charge in [-0.2, -0.15) is 18.3 Å². The molecule has 1 aromatic rings. The SMILES string of the molecule is CCc1c(C)nn(CC(CN)C(F)(F)F)c1C. The topological polar surface area (TPSA) is 43.8 Å². The third kappa shape index (κ3) is 3.00. The number of hydrogen-bond acceptors (Lipinski definition) is 2. The lowest BCUT2D eigenvalue weighted by atomic mass is 10.1. The number of hydrogen-bond donors (Lipinski definition) is 1. The second kappa shape index (κ2) is 5.08. The van der Waals surface area contributed by atoms with Crippen LogP contribution in [0.1, 0.15) is 23.9 Å². The Kier molecular flexibility index (Phi) is 4.19. The molecule has 1 atom stereocenters. The lowest BCUT2D eigenvalue weighted by Crippen LogP contribution is -2.34. The fourth-order valence-corrected chi connectivity index (χ4v) is 1.94. The lowest BCUT2D eigenvalue weighted by molar-refractivity contribution is -0.175. The zero-order chi connectivity index (χ0) is 13.2. The van der Waals surface area contributed by atoms with Gasteiger partial charge in [-0.05, 0) is 25.8 Å². The molecule has 0 saturated heterocycles. The molecule has 0 radical (unpaired) electrons. The predicted molar refractivity (Wildman–Crippen MR) is 59.7 cm³/mol. The Balaban J connectivity index is 2.95. The minimum Gasteiger partial charge on any atom is -0.330 e. The minimum absolute atomic E-state index is 0.202. The fourth-order valence-electron chi connectivity index (χ4n) is 1.94. The Labute approximate surface area is 98.8 Å². The van der Waals surface area contributed by atoms with Crippen molar-refractivity contribution in [3.05, 3.63) is 17.0 Å². The molecule has 1 rings (SSSR count). The van der Waals surface area contributed by atoms with Gasteiger partial charge in [-0.25, -0.2) is 0 Å². The van der Waals surface area contributed by atoms with Crippen molar-refractivity contribution in [3.8, 4) is 0 Å². The van der Waals surface area contributed by atoms with E-state index in [1.807, 2.05) is 13.8 Å². The maximum Gasteiger partial charge on any atom is 0.394 e. The average molecular weight is 249 g/mol. The van der Waals surface area contributed by atoms with Gasteiger partial charge in [-0.3, -0.25) is 4.68 Å². The smallest absolute Gasteiger partial charge is 0.330 e. The van der Waals surface area contributed by atoms with Gasteiger partial charge in [0.05, 0.1) is 18.2 Å². The van der Waals surface area contributed by atoms with E-state index in [2.05, 4.69) is 5.10 Å². The summed E-state index contributed by atoms with van der Waals surface area (Å²) in [6.07, 6.45) is -3.50. The van der Waals surface area contributed by atoms with E-state index in [1.165, 1.54) is 4.68 Å². The summed E-state index contributed by atoms with van der Waals surface area (Å²) in [5, 5.41) is 4.14. The Bertz CT molecular complexity index is 382. The number of rotatable bonds is 4. The van der Waals surface area contributed by atoms with Crippen LogP contribution >= 0.6 is 0 Å². The highest BCUT2D eigenvalue weighted by molar-refractivity contribution is 5.24. The van der Waals surface area contributed by atoms with E-state index in [0.29, 0.717) is 0 Å². The highest BCUT2D eigenvalue weighted by atomic mass is 19.4. The van der Waals surface area contributed by atoms with Gasteiger partial charge in [0.15, 0.2) is 0 Å². The van der Waals surface area contributed by atoms with Crippen molar-refractivity contribution in [2.45, 2.75) is 39.9 Å². The number of nitrogens with two attached hydrogens (primary N) is 1. The number of alkyl halides is 3. The number of aromatic nitrogens is 2. The van der Waals surface area contributed by atoms with Crippen molar-refractivity contribution < 1.29 is 13.2 Å². The standard InChI is InChI=1S/C11H18F3N3/c1-4-10-7(2)16-17(8(10)3)6-9(5-15)11(12,13)14/h9H,4-6,15H2,1-3H3. The first-order valence-electron chi connectivity index (χ1n) is 5.60. The zero-order valence-corrected chi connectivity index (χ0v) is 10.3. The first-order valence-corrected chi connectivity index (χ1v) is 5.60. The normalized spacial score (nSPS) is 14.1. The summed E-state index contributed by atoms with van der Waals surface area (Å²) in [4.78, 5) is 0.